The number of amides is 2. The van der Waals surface area contributed by atoms with Crippen LogP contribution >= 0.6 is 0 Å². The molecule has 3 atom stereocenters. The van der Waals surface area contributed by atoms with Crippen molar-refractivity contribution in [1.29, 1.82) is 0 Å². The maximum Gasteiger partial charge on any atom is 0.226 e. The van der Waals surface area contributed by atoms with Crippen LogP contribution in [-0.2, 0) is 16.1 Å². The molecule has 2 aliphatic rings. The van der Waals surface area contributed by atoms with Crippen molar-refractivity contribution in [3.63, 3.8) is 0 Å². The Balaban J connectivity index is 1.47. The van der Waals surface area contributed by atoms with Gasteiger partial charge in [0.25, 0.3) is 0 Å². The number of rotatable bonds is 5. The molecule has 0 bridgehead atoms. The van der Waals surface area contributed by atoms with E-state index in [9.17, 15) is 9.59 Å². The molecule has 2 heterocycles. The van der Waals surface area contributed by atoms with Crippen molar-refractivity contribution in [3.05, 3.63) is 35.9 Å². The highest BCUT2D eigenvalue weighted by Gasteiger charge is 2.32. The number of carbonyl (C=O) groups excluding carboxylic acids is 2. The van der Waals surface area contributed by atoms with Gasteiger partial charge in [-0.2, -0.15) is 0 Å². The van der Waals surface area contributed by atoms with Crippen LogP contribution in [0.15, 0.2) is 30.3 Å². The van der Waals surface area contributed by atoms with Gasteiger partial charge in [-0.25, -0.2) is 0 Å². The van der Waals surface area contributed by atoms with Gasteiger partial charge < -0.3 is 10.2 Å². The summed E-state index contributed by atoms with van der Waals surface area (Å²) in [5.74, 6) is 0.384. The molecule has 3 rings (SSSR count). The molecule has 124 valence electrons. The number of hydrogen-bond donors (Lipinski definition) is 3. The molecule has 0 spiro atoms. The Labute approximate surface area is 136 Å². The Morgan fingerprint density at radius 3 is 2.83 bits per heavy atom. The van der Waals surface area contributed by atoms with Gasteiger partial charge in [0.1, 0.15) is 0 Å². The molecular formula is C17H24N4O2. The zero-order valence-corrected chi connectivity index (χ0v) is 13.4. The average Bonchev–Trinajstić information content (AvgIpc) is 3.12. The first-order valence-corrected chi connectivity index (χ1v) is 8.21. The van der Waals surface area contributed by atoms with Crippen LogP contribution in [-0.4, -0.2) is 42.4 Å². The van der Waals surface area contributed by atoms with E-state index >= 15 is 0 Å². The van der Waals surface area contributed by atoms with Crippen LogP contribution in [0.2, 0.25) is 0 Å². The van der Waals surface area contributed by atoms with Gasteiger partial charge in [0.15, 0.2) is 0 Å². The van der Waals surface area contributed by atoms with E-state index in [0.717, 1.165) is 5.56 Å². The monoisotopic (exact) mass is 316 g/mol. The molecular weight excluding hydrogens is 292 g/mol. The zero-order chi connectivity index (χ0) is 16.2. The minimum Gasteiger partial charge on any atom is -0.355 e. The van der Waals surface area contributed by atoms with E-state index in [4.69, 9.17) is 0 Å². The van der Waals surface area contributed by atoms with Crippen molar-refractivity contribution in [2.24, 2.45) is 11.8 Å². The van der Waals surface area contributed by atoms with Crippen molar-refractivity contribution < 1.29 is 9.59 Å². The van der Waals surface area contributed by atoms with Gasteiger partial charge >= 0.3 is 0 Å². The van der Waals surface area contributed by atoms with E-state index in [1.807, 2.05) is 42.2 Å². The first-order valence-electron chi connectivity index (χ1n) is 8.21. The second kappa shape index (κ2) is 7.10. The molecule has 3 unspecified atom stereocenters. The molecule has 0 aromatic heterocycles. The predicted octanol–water partition coefficient (Wildman–Crippen LogP) is 0.264. The van der Waals surface area contributed by atoms with Crippen LogP contribution in [0.4, 0.5) is 0 Å². The molecule has 3 N–H and O–H groups in total. The molecule has 2 saturated heterocycles. The van der Waals surface area contributed by atoms with Crippen LogP contribution in [0.1, 0.15) is 18.9 Å². The largest absolute Gasteiger partial charge is 0.355 e. The van der Waals surface area contributed by atoms with E-state index in [-0.39, 0.29) is 29.7 Å². The number of hydrogen-bond acceptors (Lipinski definition) is 4. The second-order valence-corrected chi connectivity index (χ2v) is 6.50. The van der Waals surface area contributed by atoms with Gasteiger partial charge in [0, 0.05) is 44.6 Å². The van der Waals surface area contributed by atoms with Crippen molar-refractivity contribution in [2.45, 2.75) is 25.9 Å². The van der Waals surface area contributed by atoms with Crippen molar-refractivity contribution in [3.8, 4) is 0 Å². The fraction of sp³-hybridized carbons (Fsp3) is 0.529. The van der Waals surface area contributed by atoms with E-state index in [1.54, 1.807) is 0 Å². The highest BCUT2D eigenvalue weighted by atomic mass is 16.2. The lowest BCUT2D eigenvalue weighted by Crippen LogP contribution is -2.40. The fourth-order valence-electron chi connectivity index (χ4n) is 3.25. The highest BCUT2D eigenvalue weighted by molar-refractivity contribution is 5.81. The Hall–Kier alpha value is -1.92. The number of carbonyl (C=O) groups is 2. The Kier molecular flexibility index (Phi) is 4.93. The number of likely N-dealkylation sites (tertiary alicyclic amines) is 1. The SMILES string of the molecule is CC1NNCC1C(=O)NCC1CC(=O)N(Cc2ccccc2)C1. The first-order chi connectivity index (χ1) is 11.1. The topological polar surface area (TPSA) is 73.5 Å². The molecule has 2 amide bonds. The Bertz CT molecular complexity index is 563. The molecule has 2 fully saturated rings. The Morgan fingerprint density at radius 2 is 2.13 bits per heavy atom. The second-order valence-electron chi connectivity index (χ2n) is 6.50. The molecule has 1 aromatic rings. The number of nitrogens with zero attached hydrogens (tertiary/aromatic N) is 1. The summed E-state index contributed by atoms with van der Waals surface area (Å²) < 4.78 is 0. The minimum absolute atomic E-state index is 0.0486. The summed E-state index contributed by atoms with van der Waals surface area (Å²) in [4.78, 5) is 26.2. The molecule has 1 aromatic carbocycles. The molecule has 0 saturated carbocycles. The fourth-order valence-corrected chi connectivity index (χ4v) is 3.25. The smallest absolute Gasteiger partial charge is 0.226 e. The van der Waals surface area contributed by atoms with Crippen LogP contribution in [0.25, 0.3) is 0 Å². The van der Waals surface area contributed by atoms with Gasteiger partial charge in [-0.1, -0.05) is 30.3 Å². The summed E-state index contributed by atoms with van der Waals surface area (Å²) in [5, 5.41) is 3.00. The van der Waals surface area contributed by atoms with Gasteiger partial charge in [-0.05, 0) is 12.5 Å². The van der Waals surface area contributed by atoms with Crippen LogP contribution in [0.5, 0.6) is 0 Å². The van der Waals surface area contributed by atoms with Gasteiger partial charge in [0.05, 0.1) is 5.92 Å². The van der Waals surface area contributed by atoms with Crippen LogP contribution < -0.4 is 16.2 Å². The highest BCUT2D eigenvalue weighted by Crippen LogP contribution is 2.20. The maximum atomic E-state index is 12.2. The van der Waals surface area contributed by atoms with Gasteiger partial charge in [-0.15, -0.1) is 0 Å². The van der Waals surface area contributed by atoms with Crippen LogP contribution in [0.3, 0.4) is 0 Å². The number of benzene rings is 1. The third kappa shape index (κ3) is 3.89. The number of hydrazine groups is 1. The summed E-state index contributed by atoms with van der Waals surface area (Å²) >= 11 is 0. The summed E-state index contributed by atoms with van der Waals surface area (Å²) in [6.45, 7) is 4.57. The van der Waals surface area contributed by atoms with Crippen molar-refractivity contribution in [2.75, 3.05) is 19.6 Å². The summed E-state index contributed by atoms with van der Waals surface area (Å²) in [6.07, 6.45) is 0.518. The molecule has 6 nitrogen and oxygen atoms in total. The summed E-state index contributed by atoms with van der Waals surface area (Å²) in [6, 6.07) is 10.1. The molecule has 2 aliphatic heterocycles. The normalized spacial score (nSPS) is 27.4. The van der Waals surface area contributed by atoms with Crippen molar-refractivity contribution >= 4 is 11.8 Å². The molecule has 23 heavy (non-hydrogen) atoms. The van der Waals surface area contributed by atoms with E-state index in [0.29, 0.717) is 32.6 Å². The minimum atomic E-state index is -0.0486. The van der Waals surface area contributed by atoms with Crippen molar-refractivity contribution in [1.82, 2.24) is 21.1 Å². The molecule has 0 radical (unpaired) electrons. The quantitative estimate of drug-likeness (QED) is 0.729. The van der Waals surface area contributed by atoms with Gasteiger partial charge in [0.2, 0.25) is 11.8 Å². The Morgan fingerprint density at radius 1 is 1.35 bits per heavy atom. The van der Waals surface area contributed by atoms with Crippen LogP contribution in [0, 0.1) is 11.8 Å². The number of nitrogens with one attached hydrogen (secondary N) is 3. The zero-order valence-electron chi connectivity index (χ0n) is 13.4. The maximum absolute atomic E-state index is 12.2. The summed E-state index contributed by atoms with van der Waals surface area (Å²) in [5.41, 5.74) is 7.19. The lowest BCUT2D eigenvalue weighted by Gasteiger charge is -2.18. The molecule has 6 heteroatoms. The van der Waals surface area contributed by atoms with Gasteiger partial charge in [-0.3, -0.25) is 20.4 Å². The lowest BCUT2D eigenvalue weighted by atomic mass is 10.0. The third-order valence-electron chi connectivity index (χ3n) is 4.67. The first kappa shape index (κ1) is 16.0. The van der Waals surface area contributed by atoms with E-state index in [2.05, 4.69) is 16.2 Å². The lowest BCUT2D eigenvalue weighted by molar-refractivity contribution is -0.128. The molecule has 0 aliphatic carbocycles. The average molecular weight is 316 g/mol. The summed E-state index contributed by atoms with van der Waals surface area (Å²) in [7, 11) is 0. The standard InChI is InChI=1S/C17H24N4O2/c1-12-15(9-19-20-12)17(23)18-8-14-7-16(22)21(11-14)10-13-5-3-2-4-6-13/h2-6,12,14-15,19-20H,7-11H2,1H3,(H,18,23). The third-order valence-corrected chi connectivity index (χ3v) is 4.67. The predicted molar refractivity (Wildman–Crippen MR) is 87.1 cm³/mol. The van der Waals surface area contributed by atoms with E-state index < -0.39 is 0 Å². The van der Waals surface area contributed by atoms with E-state index in [1.165, 1.54) is 0 Å².